The van der Waals surface area contributed by atoms with Crippen LogP contribution < -0.4 is 5.32 Å². The molecule has 0 fully saturated rings. The van der Waals surface area contributed by atoms with Gasteiger partial charge in [-0.25, -0.2) is 4.79 Å². The van der Waals surface area contributed by atoms with E-state index in [1.165, 1.54) is 23.5 Å². The molecule has 2 rings (SSSR count). The van der Waals surface area contributed by atoms with Gasteiger partial charge in [-0.15, -0.1) is 11.3 Å². The zero-order valence-electron chi connectivity index (χ0n) is 11.2. The molecule has 0 aliphatic rings. The van der Waals surface area contributed by atoms with E-state index in [0.29, 0.717) is 4.88 Å². The first kappa shape index (κ1) is 15.8. The van der Waals surface area contributed by atoms with E-state index in [9.17, 15) is 9.59 Å². The Morgan fingerprint density at radius 2 is 1.71 bits per heavy atom. The Bertz CT molecular complexity index is 697. The third-order valence-electron chi connectivity index (χ3n) is 2.92. The molecule has 0 aliphatic heterocycles. The topological polar surface area (TPSA) is 66.4 Å². The lowest BCUT2D eigenvalue weighted by Crippen LogP contribution is -2.11. The average Bonchev–Trinajstić information content (AvgIpc) is 2.73. The molecule has 1 heterocycles. The van der Waals surface area contributed by atoms with Gasteiger partial charge in [0.05, 0.1) is 26.2 Å². The summed E-state index contributed by atoms with van der Waals surface area (Å²) in [6.45, 7) is 3.85. The zero-order valence-corrected chi connectivity index (χ0v) is 13.5. The fraction of sp³-hybridized carbons (Fsp3) is 0.143. The number of thiophene rings is 1. The quantitative estimate of drug-likeness (QED) is 0.854. The van der Waals surface area contributed by atoms with Gasteiger partial charge >= 0.3 is 5.97 Å². The number of anilines is 1. The normalized spacial score (nSPS) is 10.5. The molecule has 2 aromatic rings. The highest BCUT2D eigenvalue weighted by atomic mass is 35.5. The van der Waals surface area contributed by atoms with Gasteiger partial charge in [0.15, 0.2) is 0 Å². The molecule has 0 saturated heterocycles. The third kappa shape index (κ3) is 3.37. The Morgan fingerprint density at radius 1 is 1.14 bits per heavy atom. The van der Waals surface area contributed by atoms with Crippen molar-refractivity contribution in [2.45, 2.75) is 13.8 Å². The van der Waals surface area contributed by atoms with Crippen molar-refractivity contribution in [1.82, 2.24) is 0 Å². The monoisotopic (exact) mass is 343 g/mol. The van der Waals surface area contributed by atoms with Crippen LogP contribution in [0.2, 0.25) is 10.0 Å². The maximum atomic E-state index is 12.2. The van der Waals surface area contributed by atoms with Gasteiger partial charge in [0.1, 0.15) is 0 Å². The molecule has 1 amide bonds. The average molecular weight is 344 g/mol. The lowest BCUT2D eigenvalue weighted by Gasteiger charge is -2.09. The molecular weight excluding hydrogens is 333 g/mol. The van der Waals surface area contributed by atoms with Crippen LogP contribution in [0.15, 0.2) is 18.2 Å². The minimum Gasteiger partial charge on any atom is -0.478 e. The number of carboxylic acid groups (broad SMARTS) is 1. The smallest absolute Gasteiger partial charge is 0.335 e. The van der Waals surface area contributed by atoms with Gasteiger partial charge in [-0.05, 0) is 37.6 Å². The van der Waals surface area contributed by atoms with Crippen molar-refractivity contribution in [2.75, 3.05) is 5.32 Å². The highest BCUT2D eigenvalue weighted by Gasteiger charge is 2.17. The molecule has 110 valence electrons. The number of hydrogen-bond donors (Lipinski definition) is 2. The van der Waals surface area contributed by atoms with Crippen LogP contribution in [-0.4, -0.2) is 17.0 Å². The number of benzene rings is 1. The van der Waals surface area contributed by atoms with Crippen LogP contribution in [-0.2, 0) is 0 Å². The number of aryl methyl sites for hydroxylation is 2. The van der Waals surface area contributed by atoms with E-state index in [1.807, 2.05) is 13.8 Å². The Labute approximate surface area is 135 Å². The van der Waals surface area contributed by atoms with Gasteiger partial charge in [-0.2, -0.15) is 0 Å². The highest BCUT2D eigenvalue weighted by molar-refractivity contribution is 7.14. The lowest BCUT2D eigenvalue weighted by atomic mass is 10.2. The fourth-order valence-corrected chi connectivity index (χ4v) is 3.19. The van der Waals surface area contributed by atoms with Crippen LogP contribution in [0.1, 0.15) is 30.5 Å². The summed E-state index contributed by atoms with van der Waals surface area (Å²) in [6, 6.07) is 4.27. The fourth-order valence-electron chi connectivity index (χ4n) is 1.68. The second kappa shape index (κ2) is 6.05. The zero-order chi connectivity index (χ0) is 15.7. The van der Waals surface area contributed by atoms with E-state index in [1.54, 1.807) is 6.07 Å². The summed E-state index contributed by atoms with van der Waals surface area (Å²) < 4.78 is 0. The number of halogens is 2. The van der Waals surface area contributed by atoms with E-state index in [2.05, 4.69) is 5.32 Å². The number of carboxylic acids is 1. The Hall–Kier alpha value is -1.56. The standard InChI is InChI=1S/C14H11Cl2NO3S/c1-6-3-11(21-7(6)2)13(18)17-12-9(15)4-8(14(19)20)5-10(12)16/h3-5H,1-2H3,(H,17,18)(H,19,20). The Kier molecular flexibility index (Phi) is 4.56. The predicted octanol–water partition coefficient (Wildman–Crippen LogP) is 4.62. The maximum Gasteiger partial charge on any atom is 0.335 e. The summed E-state index contributed by atoms with van der Waals surface area (Å²) in [4.78, 5) is 24.7. The van der Waals surface area contributed by atoms with Crippen molar-refractivity contribution in [2.24, 2.45) is 0 Å². The molecule has 0 atom stereocenters. The molecule has 2 N–H and O–H groups in total. The second-order valence-corrected chi connectivity index (χ2v) is 6.49. The van der Waals surface area contributed by atoms with Crippen molar-refractivity contribution < 1.29 is 14.7 Å². The molecule has 0 spiro atoms. The first-order valence-corrected chi connectivity index (χ1v) is 7.47. The number of hydrogen-bond acceptors (Lipinski definition) is 3. The highest BCUT2D eigenvalue weighted by Crippen LogP contribution is 2.33. The molecule has 1 aromatic heterocycles. The Morgan fingerprint density at radius 3 is 2.14 bits per heavy atom. The molecule has 7 heteroatoms. The summed E-state index contributed by atoms with van der Waals surface area (Å²) in [5.74, 6) is -1.47. The Balaban J connectivity index is 2.31. The minimum atomic E-state index is -1.14. The van der Waals surface area contributed by atoms with E-state index in [4.69, 9.17) is 28.3 Å². The van der Waals surface area contributed by atoms with Crippen molar-refractivity contribution in [3.63, 3.8) is 0 Å². The van der Waals surface area contributed by atoms with Crippen LogP contribution in [0.4, 0.5) is 5.69 Å². The van der Waals surface area contributed by atoms with E-state index in [0.717, 1.165) is 10.4 Å². The van der Waals surface area contributed by atoms with E-state index < -0.39 is 5.97 Å². The largest absolute Gasteiger partial charge is 0.478 e. The van der Waals surface area contributed by atoms with Crippen LogP contribution in [0.5, 0.6) is 0 Å². The molecule has 21 heavy (non-hydrogen) atoms. The van der Waals surface area contributed by atoms with Crippen molar-refractivity contribution in [1.29, 1.82) is 0 Å². The van der Waals surface area contributed by atoms with Gasteiger partial charge in [0.2, 0.25) is 0 Å². The number of carbonyl (C=O) groups is 2. The van der Waals surface area contributed by atoms with Crippen molar-refractivity contribution in [3.8, 4) is 0 Å². The van der Waals surface area contributed by atoms with Crippen molar-refractivity contribution in [3.05, 3.63) is 49.1 Å². The molecule has 0 radical (unpaired) electrons. The van der Waals surface area contributed by atoms with E-state index >= 15 is 0 Å². The maximum absolute atomic E-state index is 12.2. The molecule has 0 bridgehead atoms. The molecular formula is C14H11Cl2NO3S. The van der Waals surface area contributed by atoms with Crippen LogP contribution in [0.3, 0.4) is 0 Å². The van der Waals surface area contributed by atoms with Crippen LogP contribution >= 0.6 is 34.5 Å². The SMILES string of the molecule is Cc1cc(C(=O)Nc2c(Cl)cc(C(=O)O)cc2Cl)sc1C. The van der Waals surface area contributed by atoms with Crippen molar-refractivity contribution >= 4 is 52.1 Å². The number of nitrogens with one attached hydrogen (secondary N) is 1. The van der Waals surface area contributed by atoms with Gasteiger partial charge in [0.25, 0.3) is 5.91 Å². The molecule has 0 saturated carbocycles. The number of amides is 1. The van der Waals surface area contributed by atoms with Gasteiger partial charge in [-0.3, -0.25) is 4.79 Å². The van der Waals surface area contributed by atoms with Gasteiger partial charge in [-0.1, -0.05) is 23.2 Å². The second-order valence-electron chi connectivity index (χ2n) is 4.42. The van der Waals surface area contributed by atoms with Gasteiger partial charge in [0, 0.05) is 4.88 Å². The minimum absolute atomic E-state index is 0.0363. The number of aromatic carboxylic acids is 1. The molecule has 1 aromatic carbocycles. The predicted molar refractivity (Wildman–Crippen MR) is 85.2 cm³/mol. The number of rotatable bonds is 3. The summed E-state index contributed by atoms with van der Waals surface area (Å²) in [6.07, 6.45) is 0. The van der Waals surface area contributed by atoms with Crippen LogP contribution in [0.25, 0.3) is 0 Å². The molecule has 0 unspecified atom stereocenters. The summed E-state index contributed by atoms with van der Waals surface area (Å²) in [5, 5.41) is 11.7. The third-order valence-corrected chi connectivity index (χ3v) is 4.66. The van der Waals surface area contributed by atoms with Crippen LogP contribution in [0, 0.1) is 13.8 Å². The first-order valence-electron chi connectivity index (χ1n) is 5.90. The molecule has 0 aliphatic carbocycles. The first-order chi connectivity index (χ1) is 9.79. The lowest BCUT2D eigenvalue weighted by molar-refractivity contribution is 0.0696. The number of carbonyl (C=O) groups excluding carboxylic acids is 1. The molecule has 4 nitrogen and oxygen atoms in total. The summed E-state index contributed by atoms with van der Waals surface area (Å²) >= 11 is 13.3. The summed E-state index contributed by atoms with van der Waals surface area (Å²) in [7, 11) is 0. The van der Waals surface area contributed by atoms with Gasteiger partial charge < -0.3 is 10.4 Å². The summed E-state index contributed by atoms with van der Waals surface area (Å²) in [5.41, 5.74) is 1.20. The van der Waals surface area contributed by atoms with E-state index in [-0.39, 0.29) is 27.2 Å².